The third-order valence-electron chi connectivity index (χ3n) is 5.21. The Morgan fingerprint density at radius 1 is 0.973 bits per heavy atom. The maximum Gasteiger partial charge on any atom is 0.408 e. The van der Waals surface area contributed by atoms with Crippen LogP contribution in [0.2, 0.25) is 0 Å². The van der Waals surface area contributed by atoms with Gasteiger partial charge in [-0.15, -0.1) is 0 Å². The summed E-state index contributed by atoms with van der Waals surface area (Å²) >= 11 is 1.57. The van der Waals surface area contributed by atoms with Crippen molar-refractivity contribution in [2.75, 3.05) is 23.9 Å². The molecule has 202 valence electrons. The molecule has 0 bridgehead atoms. The Morgan fingerprint density at radius 2 is 1.65 bits per heavy atom. The molecule has 0 radical (unpaired) electrons. The van der Waals surface area contributed by atoms with Crippen LogP contribution in [-0.4, -0.2) is 60.1 Å². The number of benzene rings is 2. The molecule has 0 fully saturated rings. The molecule has 37 heavy (non-hydrogen) atoms. The molecule has 0 aliphatic rings. The summed E-state index contributed by atoms with van der Waals surface area (Å²) in [6, 6.07) is 11.7. The fraction of sp³-hybridized carbons (Fsp3) is 0.462. The molecule has 2 aromatic rings. The topological polar surface area (TPSA) is 161 Å². The van der Waals surface area contributed by atoms with Gasteiger partial charge in [-0.05, 0) is 74.9 Å². The summed E-state index contributed by atoms with van der Waals surface area (Å²) in [5.41, 5.74) is 10.6. The van der Waals surface area contributed by atoms with Gasteiger partial charge < -0.3 is 32.2 Å². The van der Waals surface area contributed by atoms with Crippen molar-refractivity contribution in [1.82, 2.24) is 10.6 Å². The lowest BCUT2D eigenvalue weighted by atomic mass is 10.1. The maximum absolute atomic E-state index is 13.2. The lowest BCUT2D eigenvalue weighted by Gasteiger charge is -2.25. The van der Waals surface area contributed by atoms with Gasteiger partial charge in [-0.2, -0.15) is 11.8 Å². The average molecular weight is 531 g/mol. The van der Waals surface area contributed by atoms with Crippen LogP contribution in [0.5, 0.6) is 0 Å². The molecule has 0 aliphatic carbocycles. The zero-order chi connectivity index (χ0) is 27.4. The summed E-state index contributed by atoms with van der Waals surface area (Å²) in [6.45, 7) is 5.49. The van der Waals surface area contributed by atoms with Crippen molar-refractivity contribution in [2.24, 2.45) is 16.5 Å². The van der Waals surface area contributed by atoms with E-state index in [9.17, 15) is 14.4 Å². The Balaban J connectivity index is 2.13. The molecule has 2 aromatic carbocycles. The van der Waals surface area contributed by atoms with Gasteiger partial charge in [0, 0.05) is 12.2 Å². The number of aliphatic imine (C=N–C) groups is 1. The summed E-state index contributed by atoms with van der Waals surface area (Å²) in [4.78, 5) is 42.7. The zero-order valence-corrected chi connectivity index (χ0v) is 22.7. The van der Waals surface area contributed by atoms with E-state index in [1.807, 2.05) is 48.7 Å². The first-order valence-electron chi connectivity index (χ1n) is 12.1. The van der Waals surface area contributed by atoms with Gasteiger partial charge in [0.15, 0.2) is 5.96 Å². The number of guanidine groups is 1. The van der Waals surface area contributed by atoms with Crippen molar-refractivity contribution in [3.63, 3.8) is 0 Å². The van der Waals surface area contributed by atoms with E-state index < -0.39 is 29.7 Å². The second-order valence-electron chi connectivity index (χ2n) is 9.54. The van der Waals surface area contributed by atoms with Gasteiger partial charge in [0.25, 0.3) is 0 Å². The normalized spacial score (nSPS) is 12.8. The van der Waals surface area contributed by atoms with E-state index >= 15 is 0 Å². The Bertz CT molecular complexity index is 1100. The number of alkyl carbamates (subject to hydrolysis) is 1. The largest absolute Gasteiger partial charge is 0.444 e. The van der Waals surface area contributed by atoms with Crippen molar-refractivity contribution >= 4 is 52.1 Å². The van der Waals surface area contributed by atoms with E-state index in [4.69, 9.17) is 16.2 Å². The predicted octanol–water partition coefficient (Wildman–Crippen LogP) is 2.96. The molecule has 0 saturated carbocycles. The number of thioether (sulfide) groups is 1. The highest BCUT2D eigenvalue weighted by molar-refractivity contribution is 7.98. The molecule has 0 aromatic heterocycles. The number of ether oxygens (including phenoxy) is 1. The summed E-state index contributed by atoms with van der Waals surface area (Å²) in [6.07, 6.45) is 2.31. The smallest absolute Gasteiger partial charge is 0.408 e. The lowest BCUT2D eigenvalue weighted by molar-refractivity contribution is -0.128. The number of nitrogens with zero attached hydrogens (tertiary/aromatic N) is 1. The number of anilines is 1. The van der Waals surface area contributed by atoms with Crippen LogP contribution in [0.1, 0.15) is 40.0 Å². The minimum Gasteiger partial charge on any atom is -0.444 e. The van der Waals surface area contributed by atoms with E-state index in [1.165, 1.54) is 0 Å². The van der Waals surface area contributed by atoms with Gasteiger partial charge in [-0.3, -0.25) is 14.6 Å². The molecule has 2 rings (SSSR count). The van der Waals surface area contributed by atoms with Gasteiger partial charge in [-0.25, -0.2) is 4.79 Å². The molecule has 2 atom stereocenters. The number of nitrogens with one attached hydrogen (secondary N) is 3. The van der Waals surface area contributed by atoms with Crippen LogP contribution in [0, 0.1) is 0 Å². The monoisotopic (exact) mass is 530 g/mol. The first-order valence-corrected chi connectivity index (χ1v) is 13.5. The highest BCUT2D eigenvalue weighted by Gasteiger charge is 2.28. The number of hydrogen-bond acceptors (Lipinski definition) is 6. The van der Waals surface area contributed by atoms with Crippen LogP contribution in [0.3, 0.4) is 0 Å². The van der Waals surface area contributed by atoms with Crippen LogP contribution in [-0.2, 0) is 14.3 Å². The minimum atomic E-state index is -0.936. The molecule has 0 heterocycles. The van der Waals surface area contributed by atoms with Gasteiger partial charge in [0.2, 0.25) is 11.8 Å². The van der Waals surface area contributed by atoms with Gasteiger partial charge in [0.1, 0.15) is 17.7 Å². The molecule has 0 saturated heterocycles. The number of nitrogens with two attached hydrogens (primary N) is 2. The van der Waals surface area contributed by atoms with E-state index in [1.54, 1.807) is 32.5 Å². The van der Waals surface area contributed by atoms with E-state index in [0.717, 1.165) is 10.8 Å². The number of carbonyl (C=O) groups is 3. The molecule has 0 aliphatic heterocycles. The first kappa shape index (κ1) is 29.8. The summed E-state index contributed by atoms with van der Waals surface area (Å²) in [5, 5.41) is 10.4. The highest BCUT2D eigenvalue weighted by Crippen LogP contribution is 2.19. The average Bonchev–Trinajstić information content (AvgIpc) is 2.82. The van der Waals surface area contributed by atoms with Crippen LogP contribution in [0.25, 0.3) is 10.8 Å². The molecule has 3 amide bonds. The summed E-state index contributed by atoms with van der Waals surface area (Å²) < 4.78 is 5.31. The molecule has 11 heteroatoms. The number of hydrogen-bond donors (Lipinski definition) is 5. The SMILES string of the molecule is CSCC[C@H](NC(=O)[C@H](CCCN=C(N)N)NC(=O)OC(C)(C)C)C(=O)Nc1ccc2ccccc2c1. The van der Waals surface area contributed by atoms with Crippen molar-refractivity contribution < 1.29 is 19.1 Å². The molecule has 10 nitrogen and oxygen atoms in total. The number of carbonyl (C=O) groups excluding carboxylic acids is 3. The predicted molar refractivity (Wildman–Crippen MR) is 151 cm³/mol. The Labute approximate surface area is 222 Å². The zero-order valence-electron chi connectivity index (χ0n) is 21.9. The molecule has 7 N–H and O–H groups in total. The highest BCUT2D eigenvalue weighted by atomic mass is 32.2. The van der Waals surface area contributed by atoms with Crippen molar-refractivity contribution in [1.29, 1.82) is 0 Å². The van der Waals surface area contributed by atoms with Crippen molar-refractivity contribution in [3.8, 4) is 0 Å². The van der Waals surface area contributed by atoms with Gasteiger partial charge in [0.05, 0.1) is 0 Å². The quantitative estimate of drug-likeness (QED) is 0.160. The number of amides is 3. The summed E-state index contributed by atoms with van der Waals surface area (Å²) in [7, 11) is 0. The van der Waals surface area contributed by atoms with Crippen LogP contribution >= 0.6 is 11.8 Å². The third-order valence-corrected chi connectivity index (χ3v) is 5.86. The number of rotatable bonds is 12. The standard InChI is InChI=1S/C26H38N6O4S/c1-26(2,3)36-25(35)32-20(10-7-14-29-24(27)28)23(34)31-21(13-15-37-4)22(33)30-19-12-11-17-8-5-6-9-18(17)16-19/h5-6,8-9,11-12,16,20-21H,7,10,13-15H2,1-4H3,(H,30,33)(H,31,34)(H,32,35)(H4,27,28,29)/t20-,21-/m0/s1. The lowest BCUT2D eigenvalue weighted by Crippen LogP contribution is -2.53. The Kier molecular flexibility index (Phi) is 11.5. The third kappa shape index (κ3) is 11.0. The second-order valence-corrected chi connectivity index (χ2v) is 10.5. The Hall–Kier alpha value is -3.47. The molecule has 0 spiro atoms. The second kappa shape index (κ2) is 14.3. The van der Waals surface area contributed by atoms with Crippen molar-refractivity contribution in [2.45, 2.75) is 57.7 Å². The van der Waals surface area contributed by atoms with E-state index in [0.29, 0.717) is 30.8 Å². The fourth-order valence-corrected chi connectivity index (χ4v) is 3.97. The molecular weight excluding hydrogens is 492 g/mol. The Morgan fingerprint density at radius 3 is 2.30 bits per heavy atom. The first-order chi connectivity index (χ1) is 17.5. The van der Waals surface area contributed by atoms with Crippen molar-refractivity contribution in [3.05, 3.63) is 42.5 Å². The maximum atomic E-state index is 13.2. The molecule has 0 unspecified atom stereocenters. The van der Waals surface area contributed by atoms with Gasteiger partial charge >= 0.3 is 6.09 Å². The minimum absolute atomic E-state index is 0.0522. The number of fused-ring (bicyclic) bond motifs is 1. The van der Waals surface area contributed by atoms with E-state index in [2.05, 4.69) is 20.9 Å². The fourth-order valence-electron chi connectivity index (χ4n) is 3.50. The van der Waals surface area contributed by atoms with Crippen LogP contribution in [0.4, 0.5) is 10.5 Å². The molecular formula is C26H38N6O4S. The summed E-state index contributed by atoms with van der Waals surface area (Å²) in [5.74, 6) is -0.224. The van der Waals surface area contributed by atoms with Gasteiger partial charge in [-0.1, -0.05) is 30.3 Å². The van der Waals surface area contributed by atoms with Crippen LogP contribution < -0.4 is 27.4 Å². The van der Waals surface area contributed by atoms with E-state index in [-0.39, 0.29) is 18.3 Å². The van der Waals surface area contributed by atoms with Crippen LogP contribution in [0.15, 0.2) is 47.5 Å².